The summed E-state index contributed by atoms with van der Waals surface area (Å²) in [5, 5.41) is 1.22. The van der Waals surface area contributed by atoms with Crippen LogP contribution in [0.5, 0.6) is 5.75 Å². The van der Waals surface area contributed by atoms with E-state index in [0.29, 0.717) is 6.54 Å². The van der Waals surface area contributed by atoms with Gasteiger partial charge in [-0.2, -0.15) is 0 Å². The van der Waals surface area contributed by atoms with E-state index >= 15 is 0 Å². The molecule has 0 aliphatic carbocycles. The second-order valence-electron chi connectivity index (χ2n) is 3.72. The first-order valence-electron chi connectivity index (χ1n) is 5.11. The number of H-pyrrole nitrogens is 1. The summed E-state index contributed by atoms with van der Waals surface area (Å²) in [5.41, 5.74) is 9.21. The minimum Gasteiger partial charge on any atom is -0.497 e. The largest absolute Gasteiger partial charge is 0.497 e. The van der Waals surface area contributed by atoms with Crippen molar-refractivity contribution in [2.24, 2.45) is 5.73 Å². The maximum Gasteiger partial charge on any atom is 0.119 e. The van der Waals surface area contributed by atoms with Gasteiger partial charge in [0, 0.05) is 17.1 Å². The molecule has 0 saturated heterocycles. The van der Waals surface area contributed by atoms with Gasteiger partial charge in [0.25, 0.3) is 0 Å². The zero-order chi connectivity index (χ0) is 10.8. The maximum absolute atomic E-state index is 5.57. The molecule has 2 aromatic rings. The van der Waals surface area contributed by atoms with Crippen molar-refractivity contribution in [1.29, 1.82) is 0 Å². The zero-order valence-electron chi connectivity index (χ0n) is 9.13. The van der Waals surface area contributed by atoms with Gasteiger partial charge in [-0.15, -0.1) is 0 Å². The molecule has 0 fully saturated rings. The van der Waals surface area contributed by atoms with Crippen molar-refractivity contribution >= 4 is 10.9 Å². The Morgan fingerprint density at radius 1 is 1.40 bits per heavy atom. The topological polar surface area (TPSA) is 51.0 Å². The lowest BCUT2D eigenvalue weighted by atomic mass is 10.1. The molecule has 2 rings (SSSR count). The van der Waals surface area contributed by atoms with Crippen LogP contribution in [0.25, 0.3) is 10.9 Å². The number of ether oxygens (including phenoxy) is 1. The van der Waals surface area contributed by atoms with Gasteiger partial charge in [-0.05, 0) is 43.1 Å². The van der Waals surface area contributed by atoms with Crippen molar-refractivity contribution in [3.8, 4) is 5.75 Å². The first-order valence-corrected chi connectivity index (χ1v) is 5.11. The van der Waals surface area contributed by atoms with Crippen LogP contribution < -0.4 is 10.5 Å². The Bertz CT molecular complexity index is 474. The first kappa shape index (κ1) is 10.1. The van der Waals surface area contributed by atoms with Crippen LogP contribution in [0.1, 0.15) is 11.1 Å². The summed E-state index contributed by atoms with van der Waals surface area (Å²) in [6.45, 7) is 2.75. The molecule has 0 aliphatic rings. The van der Waals surface area contributed by atoms with Crippen molar-refractivity contribution in [3.05, 3.63) is 29.5 Å². The third-order valence-electron chi connectivity index (χ3n) is 2.70. The summed E-state index contributed by atoms with van der Waals surface area (Å²) >= 11 is 0. The van der Waals surface area contributed by atoms with Gasteiger partial charge in [-0.1, -0.05) is 0 Å². The number of hydrogen-bond acceptors (Lipinski definition) is 2. The SMILES string of the molecule is COc1cc(C)c2[nH]cc(CCN)c2c1. The smallest absolute Gasteiger partial charge is 0.119 e. The minimum atomic E-state index is 0.670. The standard InChI is InChI=1S/C12H16N2O/c1-8-5-10(15-2)6-11-9(3-4-13)7-14-12(8)11/h5-7,14H,3-4,13H2,1-2H3. The molecule has 1 aromatic heterocycles. The first-order chi connectivity index (χ1) is 7.26. The predicted molar refractivity (Wildman–Crippen MR) is 62.3 cm³/mol. The molecule has 0 bridgehead atoms. The Labute approximate surface area is 89.2 Å². The number of fused-ring (bicyclic) bond motifs is 1. The van der Waals surface area contributed by atoms with Gasteiger partial charge in [-0.25, -0.2) is 0 Å². The molecule has 1 heterocycles. The number of nitrogens with one attached hydrogen (secondary N) is 1. The normalized spacial score (nSPS) is 10.9. The number of benzene rings is 1. The fourth-order valence-electron chi connectivity index (χ4n) is 1.92. The Kier molecular flexibility index (Phi) is 2.64. The molecule has 0 spiro atoms. The maximum atomic E-state index is 5.57. The highest BCUT2D eigenvalue weighted by molar-refractivity contribution is 5.87. The highest BCUT2D eigenvalue weighted by Gasteiger charge is 2.07. The number of aryl methyl sites for hydroxylation is 1. The average molecular weight is 204 g/mol. The number of nitrogens with two attached hydrogens (primary N) is 1. The van der Waals surface area contributed by atoms with Crippen molar-refractivity contribution in [3.63, 3.8) is 0 Å². The highest BCUT2D eigenvalue weighted by atomic mass is 16.5. The molecule has 3 N–H and O–H groups in total. The van der Waals surface area contributed by atoms with Crippen LogP contribution in [0.2, 0.25) is 0 Å². The number of methoxy groups -OCH3 is 1. The molecule has 80 valence electrons. The number of aromatic amines is 1. The van der Waals surface area contributed by atoms with E-state index < -0.39 is 0 Å². The Morgan fingerprint density at radius 3 is 2.87 bits per heavy atom. The molecule has 0 amide bonds. The summed E-state index contributed by atoms with van der Waals surface area (Å²) in [4.78, 5) is 3.28. The molecule has 0 saturated carbocycles. The van der Waals surface area contributed by atoms with Crippen LogP contribution in [0.4, 0.5) is 0 Å². The Hall–Kier alpha value is -1.48. The lowest BCUT2D eigenvalue weighted by Gasteiger charge is -2.04. The van der Waals surface area contributed by atoms with E-state index in [4.69, 9.17) is 10.5 Å². The van der Waals surface area contributed by atoms with Gasteiger partial charge < -0.3 is 15.5 Å². The molecular weight excluding hydrogens is 188 g/mol. The van der Waals surface area contributed by atoms with E-state index in [1.807, 2.05) is 12.3 Å². The van der Waals surface area contributed by atoms with Crippen molar-refractivity contribution in [1.82, 2.24) is 4.98 Å². The molecule has 0 atom stereocenters. The van der Waals surface area contributed by atoms with E-state index in [0.717, 1.165) is 12.2 Å². The summed E-state index contributed by atoms with van der Waals surface area (Å²) in [7, 11) is 1.69. The third kappa shape index (κ3) is 1.70. The fraction of sp³-hybridized carbons (Fsp3) is 0.333. The van der Waals surface area contributed by atoms with Gasteiger partial charge in [0.15, 0.2) is 0 Å². The molecule has 1 aromatic carbocycles. The van der Waals surface area contributed by atoms with E-state index in [1.54, 1.807) is 7.11 Å². The molecular formula is C12H16N2O. The van der Waals surface area contributed by atoms with Gasteiger partial charge in [0.2, 0.25) is 0 Å². The van der Waals surface area contributed by atoms with Crippen LogP contribution in [-0.4, -0.2) is 18.6 Å². The predicted octanol–water partition coefficient (Wildman–Crippen LogP) is 1.99. The van der Waals surface area contributed by atoms with Crippen LogP contribution in [0.3, 0.4) is 0 Å². The van der Waals surface area contributed by atoms with Crippen LogP contribution in [0, 0.1) is 6.92 Å². The van der Waals surface area contributed by atoms with Crippen LogP contribution in [0.15, 0.2) is 18.3 Å². The Morgan fingerprint density at radius 2 is 2.20 bits per heavy atom. The summed E-state index contributed by atoms with van der Waals surface area (Å²) < 4.78 is 5.26. The molecule has 3 heteroatoms. The van der Waals surface area contributed by atoms with Crippen molar-refractivity contribution in [2.75, 3.05) is 13.7 Å². The Balaban J connectivity index is 2.61. The molecule has 0 aliphatic heterocycles. The molecule has 0 unspecified atom stereocenters. The third-order valence-corrected chi connectivity index (χ3v) is 2.70. The zero-order valence-corrected chi connectivity index (χ0v) is 9.13. The number of aromatic nitrogens is 1. The minimum absolute atomic E-state index is 0.670. The van der Waals surface area contributed by atoms with Crippen molar-refractivity contribution < 1.29 is 4.74 Å². The fourth-order valence-corrected chi connectivity index (χ4v) is 1.92. The lowest BCUT2D eigenvalue weighted by molar-refractivity contribution is 0.415. The van der Waals surface area contributed by atoms with E-state index in [1.165, 1.54) is 22.0 Å². The van der Waals surface area contributed by atoms with Gasteiger partial charge in [0.1, 0.15) is 5.75 Å². The number of hydrogen-bond donors (Lipinski definition) is 2. The quantitative estimate of drug-likeness (QED) is 0.803. The molecule has 15 heavy (non-hydrogen) atoms. The van der Waals surface area contributed by atoms with Gasteiger partial charge in [0.05, 0.1) is 7.11 Å². The van der Waals surface area contributed by atoms with Gasteiger partial charge >= 0.3 is 0 Å². The van der Waals surface area contributed by atoms with E-state index in [2.05, 4.69) is 18.0 Å². The summed E-state index contributed by atoms with van der Waals surface area (Å²) in [6, 6.07) is 4.09. The average Bonchev–Trinajstić information content (AvgIpc) is 2.63. The summed E-state index contributed by atoms with van der Waals surface area (Å²) in [6.07, 6.45) is 2.93. The summed E-state index contributed by atoms with van der Waals surface area (Å²) in [5.74, 6) is 0.901. The lowest BCUT2D eigenvalue weighted by Crippen LogP contribution is -2.01. The van der Waals surface area contributed by atoms with Gasteiger partial charge in [-0.3, -0.25) is 0 Å². The molecule has 3 nitrogen and oxygen atoms in total. The van der Waals surface area contributed by atoms with E-state index in [9.17, 15) is 0 Å². The number of rotatable bonds is 3. The van der Waals surface area contributed by atoms with Crippen LogP contribution >= 0.6 is 0 Å². The monoisotopic (exact) mass is 204 g/mol. The molecule has 0 radical (unpaired) electrons. The second-order valence-corrected chi connectivity index (χ2v) is 3.72. The van der Waals surface area contributed by atoms with E-state index in [-0.39, 0.29) is 0 Å². The van der Waals surface area contributed by atoms with Crippen LogP contribution in [-0.2, 0) is 6.42 Å². The highest BCUT2D eigenvalue weighted by Crippen LogP contribution is 2.27. The second kappa shape index (κ2) is 3.95. The van der Waals surface area contributed by atoms with Crippen molar-refractivity contribution in [2.45, 2.75) is 13.3 Å².